The van der Waals surface area contributed by atoms with Crippen LogP contribution >= 0.6 is 11.6 Å². The first-order chi connectivity index (χ1) is 16.6. The Morgan fingerprint density at radius 3 is 2.40 bits per heavy atom. The summed E-state index contributed by atoms with van der Waals surface area (Å²) in [6.07, 6.45) is -6.44. The topological polar surface area (TPSA) is 108 Å². The number of nitrogens with one attached hydrogen (secondary N) is 1. The van der Waals surface area contributed by atoms with Crippen molar-refractivity contribution in [1.82, 2.24) is 24.9 Å². The predicted octanol–water partition coefficient (Wildman–Crippen LogP) is 4.77. The molecule has 182 valence electrons. The van der Waals surface area contributed by atoms with Crippen LogP contribution in [0.25, 0.3) is 11.6 Å². The standard InChI is InChI=1S/C22H18ClF3N6O3/c1-12(22(24,25)26)34-17-9-7-16(8-10-17)28-21-29-19(33)18(20-27-13(2)31-35-20)30-32(21)11-14-3-5-15(23)6-4-14/h3-10,12H,11H2,1-2H3,(H,28,29,33)/t12-/m1/s1. The van der Waals surface area contributed by atoms with E-state index in [0.717, 1.165) is 12.5 Å². The zero-order valence-electron chi connectivity index (χ0n) is 18.4. The van der Waals surface area contributed by atoms with E-state index in [4.69, 9.17) is 20.9 Å². The highest BCUT2D eigenvalue weighted by Crippen LogP contribution is 2.26. The second kappa shape index (κ2) is 9.74. The molecule has 0 saturated heterocycles. The number of hydrogen-bond acceptors (Lipinski definition) is 8. The third-order valence-corrected chi connectivity index (χ3v) is 4.99. The Hall–Kier alpha value is -3.93. The van der Waals surface area contributed by atoms with Gasteiger partial charge in [-0.05, 0) is 55.8 Å². The highest BCUT2D eigenvalue weighted by atomic mass is 35.5. The Bertz CT molecular complexity index is 1370. The predicted molar refractivity (Wildman–Crippen MR) is 121 cm³/mol. The normalized spacial score (nSPS) is 12.4. The number of nitrogens with zero attached hydrogens (tertiary/aromatic N) is 5. The summed E-state index contributed by atoms with van der Waals surface area (Å²) in [7, 11) is 0. The zero-order valence-corrected chi connectivity index (χ0v) is 19.1. The van der Waals surface area contributed by atoms with Crippen molar-refractivity contribution in [3.63, 3.8) is 0 Å². The first-order valence-corrected chi connectivity index (χ1v) is 10.6. The lowest BCUT2D eigenvalue weighted by molar-refractivity contribution is -0.189. The number of aryl methyl sites for hydroxylation is 1. The van der Waals surface area contributed by atoms with E-state index in [0.29, 0.717) is 16.5 Å². The lowest BCUT2D eigenvalue weighted by atomic mass is 10.2. The Morgan fingerprint density at radius 2 is 1.80 bits per heavy atom. The van der Waals surface area contributed by atoms with Crippen LogP contribution in [0.15, 0.2) is 57.8 Å². The van der Waals surface area contributed by atoms with Gasteiger partial charge in [0, 0.05) is 10.7 Å². The third kappa shape index (κ3) is 5.96. The monoisotopic (exact) mass is 506 g/mol. The number of aromatic nitrogens is 5. The smallest absolute Gasteiger partial charge is 0.425 e. The van der Waals surface area contributed by atoms with Crippen molar-refractivity contribution in [2.45, 2.75) is 32.7 Å². The molecule has 1 N–H and O–H groups in total. The molecule has 0 spiro atoms. The number of hydrogen-bond donors (Lipinski definition) is 1. The Labute approximate surface area is 201 Å². The number of alkyl halides is 3. The fourth-order valence-corrected chi connectivity index (χ4v) is 3.05. The van der Waals surface area contributed by atoms with Crippen molar-refractivity contribution in [2.75, 3.05) is 5.32 Å². The highest BCUT2D eigenvalue weighted by molar-refractivity contribution is 6.30. The number of anilines is 2. The van der Waals surface area contributed by atoms with Crippen LogP contribution in [0.1, 0.15) is 18.3 Å². The van der Waals surface area contributed by atoms with Gasteiger partial charge in [0.1, 0.15) is 5.75 Å². The first-order valence-electron chi connectivity index (χ1n) is 10.2. The van der Waals surface area contributed by atoms with Gasteiger partial charge in [0.25, 0.3) is 5.89 Å². The quantitative estimate of drug-likeness (QED) is 0.382. The largest absolute Gasteiger partial charge is 0.481 e. The van der Waals surface area contributed by atoms with Crippen molar-refractivity contribution in [1.29, 1.82) is 0 Å². The molecule has 2 heterocycles. The van der Waals surface area contributed by atoms with Crippen LogP contribution in [0.4, 0.5) is 24.8 Å². The molecule has 4 rings (SSSR count). The molecule has 1 atom stereocenters. The van der Waals surface area contributed by atoms with Crippen molar-refractivity contribution in [2.24, 2.45) is 0 Å². The molecule has 35 heavy (non-hydrogen) atoms. The van der Waals surface area contributed by atoms with Crippen LogP contribution < -0.4 is 15.6 Å². The number of ether oxygens (including phenoxy) is 1. The van der Waals surface area contributed by atoms with Crippen molar-refractivity contribution in [3.8, 4) is 17.3 Å². The average Bonchev–Trinajstić information content (AvgIpc) is 3.23. The van der Waals surface area contributed by atoms with Crippen LogP contribution in [0, 0.1) is 6.92 Å². The Morgan fingerprint density at radius 1 is 1.11 bits per heavy atom. The first kappa shape index (κ1) is 24.2. The maximum Gasteiger partial charge on any atom is 0.425 e. The minimum Gasteiger partial charge on any atom is -0.481 e. The summed E-state index contributed by atoms with van der Waals surface area (Å²) >= 11 is 5.96. The molecule has 0 amide bonds. The van der Waals surface area contributed by atoms with Crippen molar-refractivity contribution >= 4 is 23.2 Å². The van der Waals surface area contributed by atoms with Gasteiger partial charge in [-0.1, -0.05) is 28.9 Å². The minimum atomic E-state index is -4.48. The van der Waals surface area contributed by atoms with Crippen LogP contribution in [-0.4, -0.2) is 37.2 Å². The average molecular weight is 507 g/mol. The molecule has 4 aromatic rings. The molecule has 0 bridgehead atoms. The second-order valence-corrected chi connectivity index (χ2v) is 7.91. The maximum atomic E-state index is 12.7. The fourth-order valence-electron chi connectivity index (χ4n) is 2.93. The van der Waals surface area contributed by atoms with E-state index in [-0.39, 0.29) is 29.8 Å². The van der Waals surface area contributed by atoms with Gasteiger partial charge in [0.2, 0.25) is 11.6 Å². The minimum absolute atomic E-state index is 0.0344. The van der Waals surface area contributed by atoms with Crippen LogP contribution in [0.3, 0.4) is 0 Å². The fraction of sp³-hybridized carbons (Fsp3) is 0.227. The zero-order chi connectivity index (χ0) is 25.2. The molecule has 9 nitrogen and oxygen atoms in total. The molecule has 13 heteroatoms. The van der Waals surface area contributed by atoms with Gasteiger partial charge in [0.15, 0.2) is 11.9 Å². The van der Waals surface area contributed by atoms with Gasteiger partial charge in [-0.2, -0.15) is 28.2 Å². The van der Waals surface area contributed by atoms with Crippen LogP contribution in [-0.2, 0) is 6.54 Å². The summed E-state index contributed by atoms with van der Waals surface area (Å²) in [6.45, 7) is 2.73. The van der Waals surface area contributed by atoms with Gasteiger partial charge in [-0.15, -0.1) is 0 Å². The molecule has 0 radical (unpaired) electrons. The van der Waals surface area contributed by atoms with E-state index in [1.165, 1.54) is 28.9 Å². The van der Waals surface area contributed by atoms with Crippen molar-refractivity contribution in [3.05, 3.63) is 75.3 Å². The molecule has 0 aliphatic carbocycles. The summed E-state index contributed by atoms with van der Waals surface area (Å²) < 4.78 is 49.6. The number of rotatable bonds is 7. The van der Waals surface area contributed by atoms with Crippen LogP contribution in [0.5, 0.6) is 5.75 Å². The second-order valence-electron chi connectivity index (χ2n) is 7.47. The highest BCUT2D eigenvalue weighted by Gasteiger charge is 2.38. The Balaban J connectivity index is 1.64. The van der Waals surface area contributed by atoms with Gasteiger partial charge in [-0.3, -0.25) is 4.79 Å². The summed E-state index contributed by atoms with van der Waals surface area (Å²) in [5.41, 5.74) is 0.419. The van der Waals surface area contributed by atoms with Crippen molar-refractivity contribution < 1.29 is 22.4 Å². The van der Waals surface area contributed by atoms with Gasteiger partial charge in [-0.25, -0.2) is 4.68 Å². The molecule has 0 aliphatic rings. The Kier molecular flexibility index (Phi) is 6.74. The van der Waals surface area contributed by atoms with Gasteiger partial charge < -0.3 is 14.6 Å². The van der Waals surface area contributed by atoms with E-state index in [2.05, 4.69) is 25.5 Å². The van der Waals surface area contributed by atoms with Gasteiger partial charge in [0.05, 0.1) is 6.54 Å². The molecular formula is C22H18ClF3N6O3. The summed E-state index contributed by atoms with van der Waals surface area (Å²) in [5.74, 6) is 0.376. The van der Waals surface area contributed by atoms with Gasteiger partial charge >= 0.3 is 11.7 Å². The summed E-state index contributed by atoms with van der Waals surface area (Å²) in [5, 5.41) is 11.5. The van der Waals surface area contributed by atoms with E-state index < -0.39 is 17.8 Å². The molecule has 0 fully saturated rings. The lowest BCUT2D eigenvalue weighted by Gasteiger charge is -2.18. The molecule has 0 unspecified atom stereocenters. The molecule has 0 saturated carbocycles. The summed E-state index contributed by atoms with van der Waals surface area (Å²) in [4.78, 5) is 20.8. The third-order valence-electron chi connectivity index (χ3n) is 4.74. The van der Waals surface area contributed by atoms with Crippen LogP contribution in [0.2, 0.25) is 5.02 Å². The van der Waals surface area contributed by atoms with E-state index in [1.54, 1.807) is 31.2 Å². The summed E-state index contributed by atoms with van der Waals surface area (Å²) in [6, 6.07) is 12.7. The number of benzene rings is 2. The molecule has 2 aromatic carbocycles. The lowest BCUT2D eigenvalue weighted by Crippen LogP contribution is -2.31. The maximum absolute atomic E-state index is 12.7. The van der Waals surface area contributed by atoms with E-state index in [9.17, 15) is 18.0 Å². The SMILES string of the molecule is Cc1noc(-c2nn(Cc3ccc(Cl)cc3)c(Nc3ccc(O[C@H](C)C(F)(F)F)cc3)nc2=O)n1. The van der Waals surface area contributed by atoms with E-state index >= 15 is 0 Å². The number of halogens is 4. The molecular weight excluding hydrogens is 489 g/mol. The molecule has 2 aromatic heterocycles. The molecule has 0 aliphatic heterocycles. The van der Waals surface area contributed by atoms with E-state index in [1.807, 2.05) is 0 Å².